The second-order valence-corrected chi connectivity index (χ2v) is 7.54. The molecule has 2 N–H and O–H groups in total. The number of likely N-dealkylation sites (N-methyl/N-ethyl adjacent to an activating group) is 1. The van der Waals surface area contributed by atoms with E-state index in [-0.39, 0.29) is 12.1 Å². The van der Waals surface area contributed by atoms with Crippen LogP contribution in [0.4, 0.5) is 9.93 Å². The van der Waals surface area contributed by atoms with E-state index in [1.165, 1.54) is 11.3 Å². The van der Waals surface area contributed by atoms with Gasteiger partial charge in [-0.2, -0.15) is 0 Å². The van der Waals surface area contributed by atoms with Crippen molar-refractivity contribution in [1.82, 2.24) is 20.1 Å². The molecule has 130 valence electrons. The van der Waals surface area contributed by atoms with Gasteiger partial charge in [-0.15, -0.1) is 0 Å². The summed E-state index contributed by atoms with van der Waals surface area (Å²) in [5, 5.41) is 6.59. The summed E-state index contributed by atoms with van der Waals surface area (Å²) in [6.45, 7) is 4.26. The van der Waals surface area contributed by atoms with E-state index < -0.39 is 0 Å². The van der Waals surface area contributed by atoms with Crippen molar-refractivity contribution < 1.29 is 4.79 Å². The lowest BCUT2D eigenvalue weighted by Gasteiger charge is -2.32. The van der Waals surface area contributed by atoms with Gasteiger partial charge in [0.15, 0.2) is 5.13 Å². The van der Waals surface area contributed by atoms with E-state index in [0.29, 0.717) is 5.13 Å². The zero-order valence-electron chi connectivity index (χ0n) is 14.3. The molecule has 2 heterocycles. The van der Waals surface area contributed by atoms with Gasteiger partial charge in [0, 0.05) is 32.2 Å². The van der Waals surface area contributed by atoms with Gasteiger partial charge in [-0.3, -0.25) is 5.32 Å². The quantitative estimate of drug-likeness (QED) is 0.872. The summed E-state index contributed by atoms with van der Waals surface area (Å²) in [6.07, 6.45) is 2.00. The van der Waals surface area contributed by atoms with Crippen molar-refractivity contribution in [1.29, 1.82) is 0 Å². The Morgan fingerprint density at radius 1 is 1.33 bits per heavy atom. The molecule has 2 amide bonds. The van der Waals surface area contributed by atoms with Crippen LogP contribution in [0.25, 0.3) is 10.2 Å². The molecule has 0 saturated carbocycles. The van der Waals surface area contributed by atoms with E-state index >= 15 is 0 Å². The largest absolute Gasteiger partial charge is 0.335 e. The number of benzene rings is 1. The second-order valence-electron chi connectivity index (χ2n) is 6.50. The minimum Gasteiger partial charge on any atom is -0.335 e. The van der Waals surface area contributed by atoms with E-state index in [1.807, 2.05) is 24.3 Å². The fourth-order valence-electron chi connectivity index (χ4n) is 2.89. The molecule has 0 spiro atoms. The molecule has 0 unspecified atom stereocenters. The Hall–Kier alpha value is -1.70. The minimum absolute atomic E-state index is 0.152. The van der Waals surface area contributed by atoms with Gasteiger partial charge in [0.25, 0.3) is 0 Å². The molecule has 6 nitrogen and oxygen atoms in total. The molecular weight excluding hydrogens is 322 g/mol. The number of carbonyl (C=O) groups excluding carboxylic acids is 1. The number of aromatic nitrogens is 1. The lowest BCUT2D eigenvalue weighted by atomic mass is 10.1. The number of hydrogen-bond acceptors (Lipinski definition) is 5. The van der Waals surface area contributed by atoms with Crippen molar-refractivity contribution in [2.24, 2.45) is 0 Å². The second kappa shape index (κ2) is 7.92. The van der Waals surface area contributed by atoms with E-state index in [2.05, 4.69) is 39.5 Å². The number of para-hydroxylation sites is 1. The predicted octanol–water partition coefficient (Wildman–Crippen LogP) is 2.44. The van der Waals surface area contributed by atoms with Crippen LogP contribution < -0.4 is 10.6 Å². The van der Waals surface area contributed by atoms with Gasteiger partial charge in [0.05, 0.1) is 10.2 Å². The van der Waals surface area contributed by atoms with Gasteiger partial charge in [0.2, 0.25) is 0 Å². The van der Waals surface area contributed by atoms with E-state index in [0.717, 1.165) is 49.2 Å². The number of rotatable bonds is 5. The Labute approximate surface area is 146 Å². The number of fused-ring (bicyclic) bond motifs is 1. The molecule has 0 radical (unpaired) electrons. The lowest BCUT2D eigenvalue weighted by Crippen LogP contribution is -2.47. The maximum atomic E-state index is 12.2. The lowest BCUT2D eigenvalue weighted by molar-refractivity contribution is 0.182. The summed E-state index contributed by atoms with van der Waals surface area (Å²) in [5.74, 6) is 0. The third-order valence-electron chi connectivity index (χ3n) is 4.30. The Bertz CT molecular complexity index is 645. The summed E-state index contributed by atoms with van der Waals surface area (Å²) in [4.78, 5) is 21.3. The molecule has 1 fully saturated rings. The molecule has 0 aliphatic carbocycles. The first-order chi connectivity index (χ1) is 11.6. The van der Waals surface area contributed by atoms with Crippen LogP contribution in [-0.2, 0) is 0 Å². The van der Waals surface area contributed by atoms with Crippen LogP contribution in [0.3, 0.4) is 0 Å². The van der Waals surface area contributed by atoms with E-state index in [9.17, 15) is 4.79 Å². The Morgan fingerprint density at radius 2 is 2.08 bits per heavy atom. The van der Waals surface area contributed by atoms with E-state index in [1.54, 1.807) is 0 Å². The number of nitrogens with one attached hydrogen (secondary N) is 2. The normalized spacial score (nSPS) is 16.6. The summed E-state index contributed by atoms with van der Waals surface area (Å²) in [6, 6.07) is 8.00. The number of urea groups is 1. The molecular formula is C17H25N5OS. The molecule has 1 aliphatic rings. The van der Waals surface area contributed by atoms with Crippen LogP contribution in [0.5, 0.6) is 0 Å². The molecule has 1 saturated heterocycles. The van der Waals surface area contributed by atoms with Crippen LogP contribution >= 0.6 is 11.3 Å². The molecule has 1 aromatic heterocycles. The van der Waals surface area contributed by atoms with Crippen molar-refractivity contribution in [3.8, 4) is 0 Å². The SMILES string of the molecule is CN(C)CCN1CCC(NC(=O)Nc2nc3ccccc3s2)CC1. The summed E-state index contributed by atoms with van der Waals surface area (Å²) < 4.78 is 1.09. The van der Waals surface area contributed by atoms with Crippen LogP contribution in [0, 0.1) is 0 Å². The fraction of sp³-hybridized carbons (Fsp3) is 0.529. The minimum atomic E-state index is -0.152. The maximum absolute atomic E-state index is 12.2. The van der Waals surface area contributed by atoms with Gasteiger partial charge < -0.3 is 15.1 Å². The van der Waals surface area contributed by atoms with Gasteiger partial charge in [-0.25, -0.2) is 9.78 Å². The molecule has 2 aromatic rings. The van der Waals surface area contributed by atoms with Crippen LogP contribution in [0.2, 0.25) is 0 Å². The number of likely N-dealkylation sites (tertiary alicyclic amines) is 1. The summed E-state index contributed by atoms with van der Waals surface area (Å²) in [5.41, 5.74) is 0.923. The maximum Gasteiger partial charge on any atom is 0.321 e. The smallest absolute Gasteiger partial charge is 0.321 e. The van der Waals surface area contributed by atoms with Crippen molar-refractivity contribution in [2.75, 3.05) is 45.6 Å². The first-order valence-corrected chi connectivity index (χ1v) is 9.22. The van der Waals surface area contributed by atoms with Gasteiger partial charge >= 0.3 is 6.03 Å². The fourth-order valence-corrected chi connectivity index (χ4v) is 3.75. The number of hydrogen-bond donors (Lipinski definition) is 2. The van der Waals surface area contributed by atoms with Crippen molar-refractivity contribution in [3.05, 3.63) is 24.3 Å². The highest BCUT2D eigenvalue weighted by Crippen LogP contribution is 2.25. The number of anilines is 1. The van der Waals surface area contributed by atoms with Gasteiger partial charge in [0.1, 0.15) is 0 Å². The van der Waals surface area contributed by atoms with Crippen molar-refractivity contribution in [3.63, 3.8) is 0 Å². The zero-order valence-corrected chi connectivity index (χ0v) is 15.1. The van der Waals surface area contributed by atoms with Crippen molar-refractivity contribution >= 4 is 32.7 Å². The third kappa shape index (κ3) is 4.66. The topological polar surface area (TPSA) is 60.5 Å². The Morgan fingerprint density at radius 3 is 2.79 bits per heavy atom. The predicted molar refractivity (Wildman–Crippen MR) is 99.8 cm³/mol. The standard InChI is InChI=1S/C17H25N5OS/c1-21(2)11-12-22-9-7-13(8-10-22)18-16(23)20-17-19-14-5-3-4-6-15(14)24-17/h3-6,13H,7-12H2,1-2H3,(H2,18,19,20,23). The molecule has 1 aliphatic heterocycles. The zero-order chi connectivity index (χ0) is 16.9. The van der Waals surface area contributed by atoms with Crippen molar-refractivity contribution in [2.45, 2.75) is 18.9 Å². The molecule has 7 heteroatoms. The number of carbonyl (C=O) groups is 1. The summed E-state index contributed by atoms with van der Waals surface area (Å²) in [7, 11) is 4.20. The van der Waals surface area contributed by atoms with E-state index in [4.69, 9.17) is 0 Å². The molecule has 24 heavy (non-hydrogen) atoms. The monoisotopic (exact) mass is 347 g/mol. The number of nitrogens with zero attached hydrogens (tertiary/aromatic N) is 3. The number of amides is 2. The van der Waals surface area contributed by atoms with Gasteiger partial charge in [-0.05, 0) is 39.1 Å². The molecule has 1 aromatic carbocycles. The first kappa shape index (κ1) is 17.1. The highest BCUT2D eigenvalue weighted by Gasteiger charge is 2.20. The number of piperidine rings is 1. The van der Waals surface area contributed by atoms with Gasteiger partial charge in [-0.1, -0.05) is 23.5 Å². The number of thiazole rings is 1. The van der Waals surface area contributed by atoms with Crippen LogP contribution in [-0.4, -0.2) is 67.1 Å². The average molecular weight is 347 g/mol. The highest BCUT2D eigenvalue weighted by atomic mass is 32.1. The Balaban J connectivity index is 1.44. The third-order valence-corrected chi connectivity index (χ3v) is 5.25. The van der Waals surface area contributed by atoms with Crippen LogP contribution in [0.1, 0.15) is 12.8 Å². The molecule has 0 bridgehead atoms. The highest BCUT2D eigenvalue weighted by molar-refractivity contribution is 7.22. The van der Waals surface area contributed by atoms with Crippen LogP contribution in [0.15, 0.2) is 24.3 Å². The Kier molecular flexibility index (Phi) is 5.65. The molecule has 0 atom stereocenters. The molecule has 3 rings (SSSR count). The first-order valence-electron chi connectivity index (χ1n) is 8.40. The summed E-state index contributed by atoms with van der Waals surface area (Å²) >= 11 is 1.50. The average Bonchev–Trinajstić information content (AvgIpc) is 2.96.